The first-order valence-electron chi connectivity index (χ1n) is 9.43. The number of nitrogens with zero attached hydrogens (tertiary/aromatic N) is 1. The molecule has 0 atom stereocenters. The Morgan fingerprint density at radius 3 is 1.97 bits per heavy atom. The molecule has 2 N–H and O–H groups in total. The predicted octanol–water partition coefficient (Wildman–Crippen LogP) is 5.20. The molecule has 3 nitrogen and oxygen atoms in total. The van der Waals surface area contributed by atoms with E-state index < -0.39 is 7.12 Å². The van der Waals surface area contributed by atoms with Crippen molar-refractivity contribution in [2.75, 3.05) is 4.90 Å². The Bertz CT molecular complexity index is 1280. The van der Waals surface area contributed by atoms with Crippen molar-refractivity contribution in [3.05, 3.63) is 97.1 Å². The van der Waals surface area contributed by atoms with Gasteiger partial charge in [0.15, 0.2) is 0 Å². The van der Waals surface area contributed by atoms with Crippen LogP contribution in [0.5, 0.6) is 0 Å². The van der Waals surface area contributed by atoms with Crippen molar-refractivity contribution in [3.63, 3.8) is 0 Å². The summed E-state index contributed by atoms with van der Waals surface area (Å²) in [5.41, 5.74) is 3.54. The van der Waals surface area contributed by atoms with E-state index in [4.69, 9.17) is 0 Å². The summed E-state index contributed by atoms with van der Waals surface area (Å²) in [6, 6.07) is 32.5. The third-order valence-corrected chi connectivity index (χ3v) is 6.22. The van der Waals surface area contributed by atoms with Crippen LogP contribution in [0.2, 0.25) is 0 Å². The lowest BCUT2D eigenvalue weighted by Gasteiger charge is -2.25. The second kappa shape index (κ2) is 7.37. The Balaban J connectivity index is 1.67. The maximum atomic E-state index is 9.42. The normalized spacial score (nSPS) is 11.1. The fourth-order valence-electron chi connectivity index (χ4n) is 3.67. The fourth-order valence-corrected chi connectivity index (χ4v) is 4.81. The van der Waals surface area contributed by atoms with Crippen molar-refractivity contribution in [2.45, 2.75) is 0 Å². The van der Waals surface area contributed by atoms with Gasteiger partial charge in [-0.25, -0.2) is 0 Å². The maximum Gasteiger partial charge on any atom is 0.488 e. The van der Waals surface area contributed by atoms with E-state index in [2.05, 4.69) is 59.5 Å². The molecule has 5 heteroatoms. The second-order valence-corrected chi connectivity index (χ2v) is 8.00. The number of hydrogen-bond acceptors (Lipinski definition) is 4. The average molecular weight is 395 g/mol. The SMILES string of the molecule is OB(O)c1ccc(N(c2ccccc2)c2ccc3c(c2)sc2ccccc23)cc1. The molecule has 0 aliphatic heterocycles. The highest BCUT2D eigenvalue weighted by Crippen LogP contribution is 2.40. The van der Waals surface area contributed by atoms with Gasteiger partial charge in [0.1, 0.15) is 0 Å². The Morgan fingerprint density at radius 1 is 0.586 bits per heavy atom. The number of para-hydroxylation sites is 1. The molecule has 0 aliphatic carbocycles. The lowest BCUT2D eigenvalue weighted by molar-refractivity contribution is 0.426. The minimum absolute atomic E-state index is 0.474. The van der Waals surface area contributed by atoms with Crippen LogP contribution in [0.4, 0.5) is 17.1 Å². The quantitative estimate of drug-likeness (QED) is 0.411. The number of hydrogen-bond donors (Lipinski definition) is 2. The van der Waals surface area contributed by atoms with Gasteiger partial charge in [-0.2, -0.15) is 0 Å². The van der Waals surface area contributed by atoms with Crippen molar-refractivity contribution in [1.29, 1.82) is 0 Å². The standard InChI is InChI=1S/C24H18BNO2S/c27-25(28)17-10-12-19(13-11-17)26(18-6-2-1-3-7-18)20-14-15-22-21-8-4-5-9-23(21)29-24(22)16-20/h1-16,27-28H. The van der Waals surface area contributed by atoms with Gasteiger partial charge < -0.3 is 14.9 Å². The summed E-state index contributed by atoms with van der Waals surface area (Å²) in [7, 11) is -1.47. The lowest BCUT2D eigenvalue weighted by atomic mass is 9.80. The molecule has 0 saturated carbocycles. The van der Waals surface area contributed by atoms with Crippen LogP contribution in [-0.4, -0.2) is 17.2 Å². The van der Waals surface area contributed by atoms with Gasteiger partial charge in [0, 0.05) is 37.2 Å². The molecular formula is C24H18BNO2S. The Kier molecular flexibility index (Phi) is 4.56. The molecule has 1 aromatic heterocycles. The summed E-state index contributed by atoms with van der Waals surface area (Å²) in [6.45, 7) is 0. The summed E-state index contributed by atoms with van der Waals surface area (Å²) in [5.74, 6) is 0. The summed E-state index contributed by atoms with van der Waals surface area (Å²) in [6.07, 6.45) is 0. The molecule has 0 fully saturated rings. The van der Waals surface area contributed by atoms with Crippen LogP contribution >= 0.6 is 11.3 Å². The molecule has 0 spiro atoms. The van der Waals surface area contributed by atoms with E-state index in [0.29, 0.717) is 5.46 Å². The molecule has 0 saturated heterocycles. The molecular weight excluding hydrogens is 377 g/mol. The summed E-state index contributed by atoms with van der Waals surface area (Å²) < 4.78 is 2.53. The first-order chi connectivity index (χ1) is 14.2. The average Bonchev–Trinajstić information content (AvgIpc) is 3.13. The summed E-state index contributed by atoms with van der Waals surface area (Å²) in [4.78, 5) is 2.18. The van der Waals surface area contributed by atoms with Crippen LogP contribution in [0.1, 0.15) is 0 Å². The van der Waals surface area contributed by atoms with Crippen LogP contribution < -0.4 is 10.4 Å². The molecule has 140 valence electrons. The molecule has 5 aromatic rings. The van der Waals surface area contributed by atoms with E-state index in [1.54, 1.807) is 23.5 Å². The van der Waals surface area contributed by atoms with Crippen LogP contribution in [0, 0.1) is 0 Å². The summed E-state index contributed by atoms with van der Waals surface area (Å²) >= 11 is 1.80. The summed E-state index contributed by atoms with van der Waals surface area (Å²) in [5, 5.41) is 21.4. The molecule has 4 aromatic carbocycles. The molecule has 5 rings (SSSR count). The molecule has 0 amide bonds. The highest BCUT2D eigenvalue weighted by atomic mass is 32.1. The van der Waals surface area contributed by atoms with E-state index in [1.165, 1.54) is 20.2 Å². The van der Waals surface area contributed by atoms with Gasteiger partial charge >= 0.3 is 7.12 Å². The van der Waals surface area contributed by atoms with Crippen molar-refractivity contribution in [2.24, 2.45) is 0 Å². The first-order valence-corrected chi connectivity index (χ1v) is 10.2. The molecule has 29 heavy (non-hydrogen) atoms. The van der Waals surface area contributed by atoms with E-state index in [9.17, 15) is 10.0 Å². The third-order valence-electron chi connectivity index (χ3n) is 5.08. The third kappa shape index (κ3) is 3.30. The van der Waals surface area contributed by atoms with E-state index in [-0.39, 0.29) is 0 Å². The maximum absolute atomic E-state index is 9.42. The Hall–Kier alpha value is -3.12. The van der Waals surface area contributed by atoms with Gasteiger partial charge in [-0.1, -0.05) is 54.6 Å². The van der Waals surface area contributed by atoms with Crippen molar-refractivity contribution in [3.8, 4) is 0 Å². The number of benzene rings is 4. The van der Waals surface area contributed by atoms with Crippen LogP contribution in [0.15, 0.2) is 97.1 Å². The van der Waals surface area contributed by atoms with Gasteiger partial charge in [0.25, 0.3) is 0 Å². The number of fused-ring (bicyclic) bond motifs is 3. The molecule has 0 aliphatic rings. The topological polar surface area (TPSA) is 43.7 Å². The minimum Gasteiger partial charge on any atom is -0.423 e. The minimum atomic E-state index is -1.47. The van der Waals surface area contributed by atoms with Crippen LogP contribution in [-0.2, 0) is 0 Å². The van der Waals surface area contributed by atoms with Gasteiger partial charge in [0.05, 0.1) is 0 Å². The zero-order valence-electron chi connectivity index (χ0n) is 15.6. The second-order valence-electron chi connectivity index (χ2n) is 6.91. The van der Waals surface area contributed by atoms with Gasteiger partial charge in [-0.15, -0.1) is 11.3 Å². The molecule has 0 bridgehead atoms. The highest BCUT2D eigenvalue weighted by molar-refractivity contribution is 7.25. The predicted molar refractivity (Wildman–Crippen MR) is 124 cm³/mol. The Morgan fingerprint density at radius 2 is 1.21 bits per heavy atom. The number of thiophene rings is 1. The smallest absolute Gasteiger partial charge is 0.423 e. The molecule has 1 heterocycles. The van der Waals surface area contributed by atoms with Crippen molar-refractivity contribution >= 4 is 61.2 Å². The van der Waals surface area contributed by atoms with Gasteiger partial charge in [0.2, 0.25) is 0 Å². The number of rotatable bonds is 4. The van der Waals surface area contributed by atoms with Crippen molar-refractivity contribution < 1.29 is 10.0 Å². The van der Waals surface area contributed by atoms with Gasteiger partial charge in [-0.3, -0.25) is 0 Å². The first kappa shape index (κ1) is 17.9. The van der Waals surface area contributed by atoms with E-state index >= 15 is 0 Å². The van der Waals surface area contributed by atoms with E-state index in [0.717, 1.165) is 17.1 Å². The molecule has 0 radical (unpaired) electrons. The zero-order valence-corrected chi connectivity index (χ0v) is 16.4. The Labute approximate surface area is 173 Å². The molecule has 0 unspecified atom stereocenters. The monoisotopic (exact) mass is 395 g/mol. The van der Waals surface area contributed by atoms with Crippen LogP contribution in [0.3, 0.4) is 0 Å². The van der Waals surface area contributed by atoms with Crippen molar-refractivity contribution in [1.82, 2.24) is 0 Å². The highest BCUT2D eigenvalue weighted by Gasteiger charge is 2.16. The van der Waals surface area contributed by atoms with Gasteiger partial charge in [-0.05, 0) is 47.9 Å². The van der Waals surface area contributed by atoms with E-state index in [1.807, 2.05) is 30.3 Å². The number of anilines is 3. The lowest BCUT2D eigenvalue weighted by Crippen LogP contribution is -2.29. The largest absolute Gasteiger partial charge is 0.488 e. The zero-order chi connectivity index (χ0) is 19.8. The van der Waals surface area contributed by atoms with Crippen LogP contribution in [0.25, 0.3) is 20.2 Å². The fraction of sp³-hybridized carbons (Fsp3) is 0.